The number of carbonyl (C=O) groups excluding carboxylic acids is 9. The zero-order valence-corrected chi connectivity index (χ0v) is 84.9. The van der Waals surface area contributed by atoms with Crippen molar-refractivity contribution in [2.24, 2.45) is 47.2 Å². The van der Waals surface area contributed by atoms with Crippen LogP contribution in [0.2, 0.25) is 0 Å². The lowest BCUT2D eigenvalue weighted by molar-refractivity contribution is -0.388. The number of aliphatic hydroxyl groups is 2. The highest BCUT2D eigenvalue weighted by atomic mass is 19.3. The molecule has 6 aromatic rings. The number of esters is 4. The summed E-state index contributed by atoms with van der Waals surface area (Å²) in [5.41, 5.74) is 19.2. The summed E-state index contributed by atoms with van der Waals surface area (Å²) in [6, 6.07) is 18.2. The number of amides is 5. The van der Waals surface area contributed by atoms with Crippen LogP contribution in [0.5, 0.6) is 11.5 Å². The number of halogens is 7. The van der Waals surface area contributed by atoms with Gasteiger partial charge in [-0.15, -0.1) is 0 Å². The highest BCUT2D eigenvalue weighted by Gasteiger charge is 2.42. The number of alkyl halides is 4. The van der Waals surface area contributed by atoms with Gasteiger partial charge in [0.1, 0.15) is 23.1 Å². The van der Waals surface area contributed by atoms with E-state index in [1.54, 1.807) is 29.2 Å². The molecule has 0 saturated heterocycles. The van der Waals surface area contributed by atoms with Gasteiger partial charge in [-0.05, 0) is 263 Å². The number of methoxy groups -OCH3 is 8. The van der Waals surface area contributed by atoms with Gasteiger partial charge in [0.2, 0.25) is 5.82 Å². The van der Waals surface area contributed by atoms with E-state index < -0.39 is 112 Å². The molecule has 4 aliphatic carbocycles. The molecule has 38 nitrogen and oxygen atoms in total. The van der Waals surface area contributed by atoms with Gasteiger partial charge in [0.05, 0.1) is 124 Å². The van der Waals surface area contributed by atoms with Crippen molar-refractivity contribution >= 4 is 112 Å². The summed E-state index contributed by atoms with van der Waals surface area (Å²) in [5.74, 6) is -7.46. The van der Waals surface area contributed by atoms with Crippen LogP contribution in [-0.4, -0.2) is 197 Å². The van der Waals surface area contributed by atoms with E-state index in [4.69, 9.17) is 60.0 Å². The molecule has 0 bridgehead atoms. The Kier molecular flexibility index (Phi) is 45.6. The van der Waals surface area contributed by atoms with Crippen LogP contribution in [0.3, 0.4) is 0 Å². The topological polar surface area (TPSA) is 524 Å². The van der Waals surface area contributed by atoms with Crippen molar-refractivity contribution in [3.63, 3.8) is 0 Å². The van der Waals surface area contributed by atoms with E-state index in [0.717, 1.165) is 175 Å². The Hall–Kier alpha value is -13.7. The van der Waals surface area contributed by atoms with Crippen molar-refractivity contribution in [1.82, 2.24) is 0 Å². The standard InChI is InChI=1S/C30H35F3N2O7.C21H28N2O6.C21H30N2O4.C12H13FN2O4.C9H7F3O4.C8H15NO2.C2H4O2/c1-16-7-10-21-23(35(16)30(39)41-3)11-8-18(13-17-5-4-6-19(14-17)28(38)40-2)25(21)34-27(37)26(36)22-15-20(31)9-12-24(22)42-29(32)33;1-13-7-9-17-18(22(13)21(25)29-3)10-8-15(19(17)23(26)27)11-14-5-4-6-16(12-14)20(24)28-2;1-13-7-9-17-18(23(13)21(25)27-3)10-8-15(19(17)22)11-14-5-4-6-16(12-14)20(24)26-2;1-7-3-4-8-10(14(7)12(16)19-2)6-5-9(13)11(8)15(17)18;10-4-1-2-6(16-9(11)12)5(3-4)7(13)8(14)15;1-11-8(10)6-3-2-4-7(9)5-6;1-2(3)4/h8-9,11-12,15-17,19,26,29,36H,4-7,10,13-14H2,1-3H3,(H,34,37);8,10,13-14,16H,4-7,9,11-12H2,1-3H3;8,10,13-14,16H,4-7,9,11-12,22H2,1-3H3;5-7H,3-4H2,1-2H3;1-3,7,9,13H,(H,14,15);6-7H,2-5,9H2,1H3;1H3,(H,3,4)/t16-,17-,19+,26?;2*13-,14-,16+;7-;;6-,7-;/m0000.1./s1. The van der Waals surface area contributed by atoms with E-state index in [1.807, 2.05) is 39.8 Å². The lowest BCUT2D eigenvalue weighted by Gasteiger charge is -2.36. The van der Waals surface area contributed by atoms with Gasteiger partial charge in [0, 0.05) is 65.2 Å². The summed E-state index contributed by atoms with van der Waals surface area (Å²) >= 11 is 0. The number of nitro benzene ring substituents is 2. The summed E-state index contributed by atoms with van der Waals surface area (Å²) in [6.45, 7) is 2.26. The van der Waals surface area contributed by atoms with Crippen LogP contribution in [0.1, 0.15) is 225 Å². The van der Waals surface area contributed by atoms with Gasteiger partial charge in [0.25, 0.3) is 17.6 Å². The van der Waals surface area contributed by atoms with Crippen molar-refractivity contribution in [2.75, 3.05) is 87.5 Å². The number of hydrogen-bond donors (Lipinski definition) is 7. The smallest absolute Gasteiger partial charge is 0.414 e. The monoisotopic (exact) mass is 2090 g/mol. The molecular weight excluding hydrogens is 1960 g/mol. The molecule has 14 rings (SSSR count). The van der Waals surface area contributed by atoms with Crippen LogP contribution < -0.4 is 45.9 Å². The van der Waals surface area contributed by atoms with Gasteiger partial charge in [-0.1, -0.05) is 63.1 Å². The number of carboxylic acid groups (broad SMARTS) is 2. The molecule has 6 aromatic carbocycles. The molecule has 4 fully saturated rings. The quantitative estimate of drug-likeness (QED) is 0.00878. The van der Waals surface area contributed by atoms with Crippen molar-refractivity contribution < 1.29 is 161 Å². The number of nitro groups is 2. The summed E-state index contributed by atoms with van der Waals surface area (Å²) in [5, 5.41) is 61.6. The van der Waals surface area contributed by atoms with Crippen molar-refractivity contribution in [3.8, 4) is 11.5 Å². The average Bonchev–Trinajstić information content (AvgIpc) is 0.780. The molecule has 9 N–H and O–H groups in total. The second kappa shape index (κ2) is 56.4. The SMILES string of the molecule is CC(=O)O.COC(=O)N1c2ccc(F)c([N+](=O)[O-])c2CC[C@@H]1C.COC(=O)[C@@H]1CCC[C@@H](Cc2ccc3c(c2N)CC[C@H](C)N3C(=O)OC)C1.COC(=O)[C@@H]1CCC[C@@H](Cc2ccc3c(c2NC(=O)C(O)c2cc(F)ccc2OC(F)F)CC[C@H](C)N3C(=O)OC)C1.COC(=O)[C@@H]1CCC[C@@H](Cc2ccc3c(c2[N+](=O)[O-])CC[C@H](C)N3C(=O)OC)C1.COC(=O)[C@@H]1CCC[C@@H](N)C1.O=C(O)C(O)c1cc(F)ccc1OC(F)F. The largest absolute Gasteiger partial charge is 0.481 e. The minimum Gasteiger partial charge on any atom is -0.481 e. The zero-order chi connectivity index (χ0) is 110. The number of nitrogens with two attached hydrogens (primary N) is 2. The Balaban J connectivity index is 0.000000224. The summed E-state index contributed by atoms with van der Waals surface area (Å²) in [6.07, 6.45) is 14.7. The predicted octanol–water partition coefficient (Wildman–Crippen LogP) is 18.2. The van der Waals surface area contributed by atoms with Crippen LogP contribution in [0.25, 0.3) is 0 Å². The third-order valence-electron chi connectivity index (χ3n) is 27.7. The van der Waals surface area contributed by atoms with Gasteiger partial charge in [-0.2, -0.15) is 22.0 Å². The molecule has 812 valence electrons. The number of rotatable bonds is 21. The van der Waals surface area contributed by atoms with Crippen LogP contribution in [0, 0.1) is 79.1 Å². The lowest BCUT2D eigenvalue weighted by atomic mass is 9.78. The van der Waals surface area contributed by atoms with Gasteiger partial charge in [-0.25, -0.2) is 32.8 Å². The van der Waals surface area contributed by atoms with Crippen molar-refractivity contribution in [1.29, 1.82) is 0 Å². The fourth-order valence-corrected chi connectivity index (χ4v) is 20.5. The van der Waals surface area contributed by atoms with Crippen LogP contribution >= 0.6 is 0 Å². The molecule has 14 atom stereocenters. The maximum absolute atomic E-state index is 14.0. The number of aliphatic carboxylic acids is 2. The Morgan fingerprint density at radius 2 is 0.736 bits per heavy atom. The number of carboxylic acids is 2. The summed E-state index contributed by atoms with van der Waals surface area (Å²) in [4.78, 5) is 157. The molecule has 0 radical (unpaired) electrons. The maximum atomic E-state index is 14.0. The first-order valence-electron chi connectivity index (χ1n) is 48.7. The summed E-state index contributed by atoms with van der Waals surface area (Å²) in [7, 11) is 10.9. The Morgan fingerprint density at radius 1 is 0.419 bits per heavy atom. The maximum Gasteiger partial charge on any atom is 0.414 e. The first-order chi connectivity index (χ1) is 70.2. The average molecular weight is 2090 g/mol. The normalized spacial score (nSPS) is 21.3. The first-order valence-corrected chi connectivity index (χ1v) is 48.7. The number of nitrogens with one attached hydrogen (secondary N) is 1. The number of nitrogens with zero attached hydrogens (tertiary/aromatic N) is 6. The van der Waals surface area contributed by atoms with E-state index in [-0.39, 0.29) is 112 Å². The number of anilines is 6. The fourth-order valence-electron chi connectivity index (χ4n) is 20.5. The highest BCUT2D eigenvalue weighted by Crippen LogP contribution is 2.47. The molecular formula is C103H132F7N9O29. The second-order valence-electron chi connectivity index (χ2n) is 37.4. The zero-order valence-electron chi connectivity index (χ0n) is 84.9. The third-order valence-corrected chi connectivity index (χ3v) is 27.7. The number of hydrogen-bond acceptors (Lipinski definition) is 29. The molecule has 5 amide bonds. The lowest BCUT2D eigenvalue weighted by Crippen LogP contribution is -2.42. The molecule has 4 aliphatic heterocycles. The Labute approximate surface area is 851 Å². The van der Waals surface area contributed by atoms with Gasteiger partial charge >= 0.3 is 73.1 Å². The first kappa shape index (κ1) is 120. The predicted molar refractivity (Wildman–Crippen MR) is 525 cm³/mol. The Bertz CT molecular complexity index is 5660. The number of carbonyl (C=O) groups is 11. The van der Waals surface area contributed by atoms with Gasteiger partial charge in [-0.3, -0.25) is 68.6 Å². The molecule has 2 unspecified atom stereocenters. The molecule has 0 spiro atoms. The van der Waals surface area contributed by atoms with Crippen molar-refractivity contribution in [2.45, 2.75) is 264 Å². The van der Waals surface area contributed by atoms with E-state index in [1.165, 1.54) is 77.6 Å². The number of fused-ring (bicyclic) bond motifs is 4. The van der Waals surface area contributed by atoms with E-state index in [0.29, 0.717) is 121 Å². The van der Waals surface area contributed by atoms with Crippen LogP contribution in [0.4, 0.5) is 95.4 Å². The third kappa shape index (κ3) is 31.7. The number of nitrogen functional groups attached to an aromatic ring is 1. The number of benzene rings is 6. The van der Waals surface area contributed by atoms with E-state index >= 15 is 0 Å². The molecule has 45 heteroatoms. The highest BCUT2D eigenvalue weighted by molar-refractivity contribution is 6.00. The minimum atomic E-state index is -3.26. The molecule has 148 heavy (non-hydrogen) atoms. The van der Waals surface area contributed by atoms with E-state index in [9.17, 15) is 104 Å². The molecule has 8 aliphatic rings. The molecule has 4 saturated carbocycles. The summed E-state index contributed by atoms with van der Waals surface area (Å²) < 4.78 is 137. The second-order valence-corrected chi connectivity index (χ2v) is 37.4. The Morgan fingerprint density at radius 3 is 1.10 bits per heavy atom. The molecule has 0 aromatic heterocycles. The number of aliphatic hydroxyl groups excluding tert-OH is 2. The number of ether oxygens (including phenoxy) is 10. The fraction of sp³-hybridized carbons (Fsp3) is 0.544. The van der Waals surface area contributed by atoms with Crippen LogP contribution in [0.15, 0.2) is 84.9 Å². The van der Waals surface area contributed by atoms with Gasteiger partial charge < -0.3 is 84.6 Å². The van der Waals surface area contributed by atoms with Gasteiger partial charge in [0.15, 0.2) is 12.2 Å². The van der Waals surface area contributed by atoms with Crippen molar-refractivity contribution in [3.05, 3.63) is 173 Å². The van der Waals surface area contributed by atoms with E-state index in [2.05, 4.69) is 24.3 Å². The molecule has 4 heterocycles. The minimum absolute atomic E-state index is 0.00303. The van der Waals surface area contributed by atoms with Crippen LogP contribution in [-0.2, 0) is 116 Å².